The monoisotopic (exact) mass is 291 g/mol. The molecule has 0 bridgehead atoms. The van der Waals surface area contributed by atoms with Gasteiger partial charge in [0.15, 0.2) is 0 Å². The number of hydrogen-bond donors (Lipinski definition) is 1. The summed E-state index contributed by atoms with van der Waals surface area (Å²) >= 11 is 2.16. The summed E-state index contributed by atoms with van der Waals surface area (Å²) in [6.07, 6.45) is 1.98. The molecule has 0 fully saturated rings. The van der Waals surface area contributed by atoms with Gasteiger partial charge in [-0.3, -0.25) is 0 Å². The Bertz CT molecular complexity index is 310. The second-order valence-electron chi connectivity index (χ2n) is 2.99. The summed E-state index contributed by atoms with van der Waals surface area (Å²) in [5, 5.41) is 9.11. The molecule has 1 aromatic rings. The summed E-state index contributed by atoms with van der Waals surface area (Å²) in [4.78, 5) is 4.37. The van der Waals surface area contributed by atoms with E-state index in [0.29, 0.717) is 0 Å². The Labute approximate surface area is 90.3 Å². The summed E-state index contributed by atoms with van der Waals surface area (Å²) in [6.45, 7) is 0.767. The standard InChI is InChI=1S/C9H10INO2/c10-8-4-6(5-12)9-7(11-8)2-1-3-13-9/h4,12H,1-3,5H2. The molecule has 1 N–H and O–H groups in total. The molecule has 13 heavy (non-hydrogen) atoms. The lowest BCUT2D eigenvalue weighted by molar-refractivity contribution is 0.249. The third-order valence-corrected chi connectivity index (χ3v) is 2.62. The van der Waals surface area contributed by atoms with E-state index in [1.807, 2.05) is 6.07 Å². The first-order valence-electron chi connectivity index (χ1n) is 4.23. The first-order chi connectivity index (χ1) is 6.31. The van der Waals surface area contributed by atoms with Crippen molar-refractivity contribution >= 4 is 22.6 Å². The summed E-state index contributed by atoms with van der Waals surface area (Å²) in [5.74, 6) is 0.800. The molecule has 3 nitrogen and oxygen atoms in total. The number of pyridine rings is 1. The Hall–Kier alpha value is -0.360. The number of aliphatic hydroxyl groups excluding tert-OH is 1. The molecule has 1 aliphatic rings. The molecule has 2 heterocycles. The number of nitrogens with zero attached hydrogens (tertiary/aromatic N) is 1. The van der Waals surface area contributed by atoms with Crippen molar-refractivity contribution in [1.29, 1.82) is 0 Å². The summed E-state index contributed by atoms with van der Waals surface area (Å²) in [5.41, 5.74) is 1.84. The molecule has 0 spiro atoms. The number of rotatable bonds is 1. The normalized spacial score (nSPS) is 14.9. The van der Waals surface area contributed by atoms with Crippen molar-refractivity contribution in [1.82, 2.24) is 4.98 Å². The minimum Gasteiger partial charge on any atom is -0.491 e. The zero-order chi connectivity index (χ0) is 9.26. The highest BCUT2D eigenvalue weighted by atomic mass is 127. The molecule has 4 heteroatoms. The van der Waals surface area contributed by atoms with Gasteiger partial charge in [0.05, 0.1) is 18.9 Å². The molecule has 0 atom stereocenters. The van der Waals surface area contributed by atoms with Crippen LogP contribution in [0.25, 0.3) is 0 Å². The van der Waals surface area contributed by atoms with Crippen LogP contribution in [-0.2, 0) is 13.0 Å². The van der Waals surface area contributed by atoms with E-state index < -0.39 is 0 Å². The van der Waals surface area contributed by atoms with Crippen molar-refractivity contribution in [3.05, 3.63) is 21.0 Å². The van der Waals surface area contributed by atoms with E-state index in [4.69, 9.17) is 9.84 Å². The Morgan fingerprint density at radius 1 is 1.62 bits per heavy atom. The van der Waals surface area contributed by atoms with Crippen LogP contribution in [0, 0.1) is 3.70 Å². The van der Waals surface area contributed by atoms with E-state index in [2.05, 4.69) is 27.6 Å². The average molecular weight is 291 g/mol. The van der Waals surface area contributed by atoms with Gasteiger partial charge in [-0.15, -0.1) is 0 Å². The highest BCUT2D eigenvalue weighted by Crippen LogP contribution is 2.28. The number of halogens is 1. The van der Waals surface area contributed by atoms with Gasteiger partial charge in [0.1, 0.15) is 9.45 Å². The topological polar surface area (TPSA) is 42.4 Å². The van der Waals surface area contributed by atoms with Crippen LogP contribution in [0.1, 0.15) is 17.7 Å². The maximum atomic E-state index is 9.11. The van der Waals surface area contributed by atoms with Gasteiger partial charge < -0.3 is 9.84 Å². The molecular formula is C9H10INO2. The van der Waals surface area contributed by atoms with Gasteiger partial charge in [-0.1, -0.05) is 0 Å². The highest BCUT2D eigenvalue weighted by Gasteiger charge is 2.16. The van der Waals surface area contributed by atoms with Crippen molar-refractivity contribution in [2.45, 2.75) is 19.4 Å². The lowest BCUT2D eigenvalue weighted by Gasteiger charge is -2.18. The van der Waals surface area contributed by atoms with Crippen LogP contribution in [0.2, 0.25) is 0 Å². The molecular weight excluding hydrogens is 281 g/mol. The fraction of sp³-hybridized carbons (Fsp3) is 0.444. The Morgan fingerprint density at radius 3 is 3.23 bits per heavy atom. The van der Waals surface area contributed by atoms with E-state index in [1.54, 1.807) is 0 Å². The Balaban J connectivity index is 2.50. The van der Waals surface area contributed by atoms with E-state index in [1.165, 1.54) is 0 Å². The van der Waals surface area contributed by atoms with E-state index in [-0.39, 0.29) is 6.61 Å². The summed E-state index contributed by atoms with van der Waals surface area (Å²) in [7, 11) is 0. The largest absolute Gasteiger partial charge is 0.491 e. The molecule has 2 rings (SSSR count). The fourth-order valence-corrected chi connectivity index (χ4v) is 2.15. The average Bonchev–Trinajstić information content (AvgIpc) is 2.16. The van der Waals surface area contributed by atoms with Gasteiger partial charge >= 0.3 is 0 Å². The smallest absolute Gasteiger partial charge is 0.146 e. The summed E-state index contributed by atoms with van der Waals surface area (Å²) < 4.78 is 6.40. The minimum absolute atomic E-state index is 0.0286. The van der Waals surface area contributed by atoms with E-state index >= 15 is 0 Å². The number of hydrogen-bond acceptors (Lipinski definition) is 3. The lowest BCUT2D eigenvalue weighted by atomic mass is 10.1. The third kappa shape index (κ3) is 1.78. The van der Waals surface area contributed by atoms with Crippen LogP contribution in [0.4, 0.5) is 0 Å². The quantitative estimate of drug-likeness (QED) is 0.630. The van der Waals surface area contributed by atoms with Gasteiger partial charge in [0.2, 0.25) is 0 Å². The van der Waals surface area contributed by atoms with Crippen LogP contribution >= 0.6 is 22.6 Å². The zero-order valence-corrected chi connectivity index (χ0v) is 9.24. The number of aryl methyl sites for hydroxylation is 1. The second-order valence-corrected chi connectivity index (χ2v) is 4.10. The molecule has 1 aliphatic heterocycles. The van der Waals surface area contributed by atoms with E-state index in [0.717, 1.165) is 40.2 Å². The highest BCUT2D eigenvalue weighted by molar-refractivity contribution is 14.1. The van der Waals surface area contributed by atoms with Crippen molar-refractivity contribution in [3.8, 4) is 5.75 Å². The lowest BCUT2D eigenvalue weighted by Crippen LogP contribution is -2.13. The SMILES string of the molecule is OCc1cc(I)nc2c1OCCC2. The van der Waals surface area contributed by atoms with Gasteiger partial charge in [0.25, 0.3) is 0 Å². The number of fused-ring (bicyclic) bond motifs is 1. The van der Waals surface area contributed by atoms with Crippen LogP contribution in [0.15, 0.2) is 6.07 Å². The van der Waals surface area contributed by atoms with Gasteiger partial charge in [0, 0.05) is 5.56 Å². The first kappa shape index (κ1) is 9.21. The summed E-state index contributed by atoms with van der Waals surface area (Å²) in [6, 6.07) is 1.87. The van der Waals surface area contributed by atoms with Crippen LogP contribution in [-0.4, -0.2) is 16.7 Å². The Morgan fingerprint density at radius 2 is 2.46 bits per heavy atom. The predicted octanol–water partition coefficient (Wildman–Crippen LogP) is 1.50. The number of aromatic nitrogens is 1. The van der Waals surface area contributed by atoms with Crippen LogP contribution < -0.4 is 4.74 Å². The zero-order valence-electron chi connectivity index (χ0n) is 7.09. The Kier molecular flexibility index (Phi) is 2.69. The molecule has 0 aliphatic carbocycles. The number of ether oxygens (including phenoxy) is 1. The molecule has 0 aromatic carbocycles. The maximum absolute atomic E-state index is 9.11. The van der Waals surface area contributed by atoms with Crippen molar-refractivity contribution in [2.24, 2.45) is 0 Å². The minimum atomic E-state index is 0.0286. The van der Waals surface area contributed by atoms with Crippen LogP contribution in [0.5, 0.6) is 5.75 Å². The van der Waals surface area contributed by atoms with Crippen LogP contribution in [0.3, 0.4) is 0 Å². The van der Waals surface area contributed by atoms with Gasteiger partial charge in [-0.05, 0) is 41.5 Å². The second kappa shape index (κ2) is 3.79. The van der Waals surface area contributed by atoms with Crippen molar-refractivity contribution in [3.63, 3.8) is 0 Å². The van der Waals surface area contributed by atoms with Gasteiger partial charge in [-0.25, -0.2) is 4.98 Å². The third-order valence-electron chi connectivity index (χ3n) is 2.06. The molecule has 0 saturated heterocycles. The van der Waals surface area contributed by atoms with Crippen molar-refractivity contribution < 1.29 is 9.84 Å². The predicted molar refractivity (Wildman–Crippen MR) is 56.7 cm³/mol. The maximum Gasteiger partial charge on any atom is 0.146 e. The molecule has 1 aromatic heterocycles. The first-order valence-corrected chi connectivity index (χ1v) is 5.31. The molecule has 0 saturated carbocycles. The van der Waals surface area contributed by atoms with Crippen molar-refractivity contribution in [2.75, 3.05) is 6.61 Å². The molecule has 70 valence electrons. The molecule has 0 amide bonds. The molecule has 0 unspecified atom stereocenters. The number of aliphatic hydroxyl groups is 1. The van der Waals surface area contributed by atoms with E-state index in [9.17, 15) is 0 Å². The fourth-order valence-electron chi connectivity index (χ4n) is 1.48. The molecule has 0 radical (unpaired) electrons. The van der Waals surface area contributed by atoms with Gasteiger partial charge in [-0.2, -0.15) is 0 Å².